The van der Waals surface area contributed by atoms with Crippen LogP contribution < -0.4 is 10.5 Å². The Morgan fingerprint density at radius 3 is 1.97 bits per heavy atom. The van der Waals surface area contributed by atoms with Gasteiger partial charge in [-0.2, -0.15) is 4.33 Å². The number of alkyl halides is 3. The van der Waals surface area contributed by atoms with Crippen LogP contribution in [0.5, 0.6) is 5.75 Å². The highest BCUT2D eigenvalue weighted by atomic mass is 32.2. The summed E-state index contributed by atoms with van der Waals surface area (Å²) in [6.07, 6.45) is 2.93. The van der Waals surface area contributed by atoms with Crippen LogP contribution in [-0.4, -0.2) is 13.5 Å². The number of halogens is 3. The molecule has 3 aromatic carbocycles. The first-order chi connectivity index (χ1) is 15.3. The van der Waals surface area contributed by atoms with E-state index in [0.717, 1.165) is 28.0 Å². The average molecular weight is 459 g/mol. The third-order valence-electron chi connectivity index (χ3n) is 4.26. The fraction of sp³-hybridized carbons (Fsp3) is 0.0833. The molecule has 32 heavy (non-hydrogen) atoms. The number of anilines is 1. The zero-order chi connectivity index (χ0) is 23.0. The van der Waals surface area contributed by atoms with Crippen LogP contribution in [0.3, 0.4) is 0 Å². The molecule has 0 aliphatic heterocycles. The van der Waals surface area contributed by atoms with Gasteiger partial charge in [0.2, 0.25) is 0 Å². The second-order valence-electron chi connectivity index (χ2n) is 6.58. The molecule has 0 saturated heterocycles. The quantitative estimate of drug-likeness (QED) is 0.128. The molecule has 0 aliphatic carbocycles. The van der Waals surface area contributed by atoms with E-state index >= 15 is 0 Å². The number of nitrogen functional groups attached to an aromatic ring is 1. The van der Waals surface area contributed by atoms with E-state index in [0.29, 0.717) is 22.6 Å². The van der Waals surface area contributed by atoms with Crippen molar-refractivity contribution in [2.45, 2.75) is 11.3 Å². The lowest BCUT2D eigenvalue weighted by atomic mass is 10.1. The van der Waals surface area contributed by atoms with Gasteiger partial charge in [-0.25, -0.2) is 0 Å². The molecule has 0 heterocycles. The van der Waals surface area contributed by atoms with E-state index in [1.807, 2.05) is 66.8 Å². The van der Waals surface area contributed by atoms with Crippen molar-refractivity contribution in [1.82, 2.24) is 0 Å². The van der Waals surface area contributed by atoms with Crippen molar-refractivity contribution in [3.63, 3.8) is 0 Å². The molecule has 0 spiro atoms. The Bertz CT molecular complexity index is 1080. The largest absolute Gasteiger partial charge is 0.550 e. The molecule has 0 aliphatic rings. The van der Waals surface area contributed by atoms with E-state index in [9.17, 15) is 13.2 Å². The van der Waals surface area contributed by atoms with Gasteiger partial charge in [-0.05, 0) is 47.0 Å². The predicted octanol–water partition coefficient (Wildman–Crippen LogP) is 7.09. The Morgan fingerprint density at radius 1 is 0.781 bits per heavy atom. The van der Waals surface area contributed by atoms with Gasteiger partial charge < -0.3 is 10.5 Å². The third-order valence-corrected chi connectivity index (χ3v) is 4.86. The summed E-state index contributed by atoms with van der Waals surface area (Å²) in [6, 6.07) is 20.2. The molecule has 3 aromatic rings. The third kappa shape index (κ3) is 7.49. The zero-order valence-corrected chi connectivity index (χ0v) is 17.8. The molecule has 2 N–H and O–H groups in total. The summed E-state index contributed by atoms with van der Waals surface area (Å²) in [6.45, 7) is 0. The maximum absolute atomic E-state index is 11.9. The number of rotatable bonds is 8. The van der Waals surface area contributed by atoms with Crippen LogP contribution in [-0.2, 0) is 9.22 Å². The topological polar surface area (TPSA) is 53.7 Å². The molecule has 3 rings (SSSR count). The highest BCUT2D eigenvalue weighted by molar-refractivity contribution is 7.94. The first-order valence-corrected chi connectivity index (χ1v) is 10.2. The van der Waals surface area contributed by atoms with Crippen molar-refractivity contribution < 1.29 is 27.1 Å². The van der Waals surface area contributed by atoms with Crippen LogP contribution in [0.15, 0.2) is 71.6 Å². The highest BCUT2D eigenvalue weighted by Crippen LogP contribution is 2.26. The molecule has 0 amide bonds. The van der Waals surface area contributed by atoms with Crippen molar-refractivity contribution in [3.05, 3.63) is 89.0 Å². The standard InChI is InChI=1S/C24H20F3NO3S/c1-29-23-16-19(5-11-20(23)10-4-18-6-12-21(28)13-7-18)3-2-17-8-14-22(15-9-17)32-31-30-24(25,26)27/h2-16H,28H2,1H3. The summed E-state index contributed by atoms with van der Waals surface area (Å²) in [7, 11) is 1.62. The highest BCUT2D eigenvalue weighted by Gasteiger charge is 2.31. The van der Waals surface area contributed by atoms with Crippen LogP contribution in [0.25, 0.3) is 24.3 Å². The summed E-state index contributed by atoms with van der Waals surface area (Å²) in [4.78, 5) is 3.75. The summed E-state index contributed by atoms with van der Waals surface area (Å²) < 4.78 is 45.3. The maximum Gasteiger partial charge on any atom is 0.550 e. The monoisotopic (exact) mass is 459 g/mol. The minimum absolute atomic E-state index is 0.477. The Hall–Kier alpha value is -3.20. The van der Waals surface area contributed by atoms with Gasteiger partial charge in [0.25, 0.3) is 0 Å². The van der Waals surface area contributed by atoms with E-state index in [1.165, 1.54) is 0 Å². The molecule has 0 fully saturated rings. The fourth-order valence-electron chi connectivity index (χ4n) is 2.68. The van der Waals surface area contributed by atoms with Gasteiger partial charge in [-0.3, -0.25) is 0 Å². The van der Waals surface area contributed by atoms with Crippen molar-refractivity contribution in [1.29, 1.82) is 0 Å². The number of ether oxygens (including phenoxy) is 1. The van der Waals surface area contributed by atoms with E-state index in [4.69, 9.17) is 10.5 Å². The van der Waals surface area contributed by atoms with Gasteiger partial charge in [-0.1, -0.05) is 60.7 Å². The maximum atomic E-state index is 11.9. The summed E-state index contributed by atoms with van der Waals surface area (Å²) >= 11 is 0.485. The van der Waals surface area contributed by atoms with Gasteiger partial charge in [0, 0.05) is 16.1 Å². The van der Waals surface area contributed by atoms with Crippen LogP contribution in [0.4, 0.5) is 18.9 Å². The van der Waals surface area contributed by atoms with Crippen molar-refractivity contribution in [3.8, 4) is 5.75 Å². The van der Waals surface area contributed by atoms with Crippen molar-refractivity contribution in [2.24, 2.45) is 0 Å². The van der Waals surface area contributed by atoms with E-state index < -0.39 is 6.36 Å². The van der Waals surface area contributed by atoms with Crippen LogP contribution in [0.1, 0.15) is 22.3 Å². The first-order valence-electron chi connectivity index (χ1n) is 9.41. The number of hydrogen-bond donors (Lipinski definition) is 1. The van der Waals surface area contributed by atoms with Gasteiger partial charge in [0.1, 0.15) is 5.75 Å². The minimum atomic E-state index is -4.84. The van der Waals surface area contributed by atoms with Crippen LogP contribution >= 0.6 is 12.0 Å². The lowest BCUT2D eigenvalue weighted by Crippen LogP contribution is -2.11. The lowest BCUT2D eigenvalue weighted by Gasteiger charge is -2.06. The fourth-order valence-corrected chi connectivity index (χ4v) is 3.12. The summed E-state index contributed by atoms with van der Waals surface area (Å²) in [5, 5.41) is 0. The number of nitrogens with two attached hydrogens (primary N) is 1. The Labute approximate surface area is 188 Å². The Morgan fingerprint density at radius 2 is 1.34 bits per heavy atom. The van der Waals surface area contributed by atoms with E-state index in [1.54, 1.807) is 31.4 Å². The van der Waals surface area contributed by atoms with Gasteiger partial charge in [0.05, 0.1) is 19.2 Å². The van der Waals surface area contributed by atoms with E-state index in [-0.39, 0.29) is 0 Å². The molecular weight excluding hydrogens is 439 g/mol. The van der Waals surface area contributed by atoms with Crippen molar-refractivity contribution >= 4 is 42.0 Å². The molecular formula is C24H20F3NO3S. The molecule has 0 bridgehead atoms. The molecule has 0 radical (unpaired) electrons. The van der Waals surface area contributed by atoms with E-state index in [2.05, 4.69) is 9.22 Å². The molecule has 166 valence electrons. The first kappa shape index (κ1) is 23.5. The second-order valence-corrected chi connectivity index (χ2v) is 7.36. The Balaban J connectivity index is 1.63. The average Bonchev–Trinajstić information content (AvgIpc) is 2.77. The summed E-state index contributed by atoms with van der Waals surface area (Å²) in [5.74, 6) is 0.729. The zero-order valence-electron chi connectivity index (χ0n) is 17.0. The van der Waals surface area contributed by atoms with Crippen molar-refractivity contribution in [2.75, 3.05) is 12.8 Å². The van der Waals surface area contributed by atoms with Gasteiger partial charge >= 0.3 is 6.36 Å². The molecule has 8 heteroatoms. The second kappa shape index (κ2) is 10.9. The lowest BCUT2D eigenvalue weighted by molar-refractivity contribution is -0.440. The predicted molar refractivity (Wildman–Crippen MR) is 122 cm³/mol. The number of methoxy groups -OCH3 is 1. The number of hydrogen-bond acceptors (Lipinski definition) is 5. The van der Waals surface area contributed by atoms with Gasteiger partial charge in [-0.15, -0.1) is 18.1 Å². The molecule has 0 saturated carbocycles. The van der Waals surface area contributed by atoms with Gasteiger partial charge in [0.15, 0.2) is 0 Å². The SMILES string of the molecule is COc1cc(C=Cc2ccc(SOOC(F)(F)F)cc2)ccc1C=Cc1ccc(N)cc1. The molecule has 0 unspecified atom stereocenters. The molecule has 0 atom stereocenters. The van der Waals surface area contributed by atoms with Crippen LogP contribution in [0.2, 0.25) is 0 Å². The minimum Gasteiger partial charge on any atom is -0.496 e. The summed E-state index contributed by atoms with van der Waals surface area (Å²) in [5.41, 5.74) is 10.2. The molecule has 0 aromatic heterocycles. The molecule has 4 nitrogen and oxygen atoms in total. The normalized spacial score (nSPS) is 12.0. The van der Waals surface area contributed by atoms with Crippen LogP contribution in [0, 0.1) is 0 Å². The Kier molecular flexibility index (Phi) is 7.99. The smallest absolute Gasteiger partial charge is 0.496 e. The number of benzene rings is 3.